The van der Waals surface area contributed by atoms with Crippen molar-refractivity contribution in [3.63, 3.8) is 0 Å². The molecule has 0 aliphatic carbocycles. The van der Waals surface area contributed by atoms with Gasteiger partial charge in [0.05, 0.1) is 0 Å². The summed E-state index contributed by atoms with van der Waals surface area (Å²) < 4.78 is 1.42. The Morgan fingerprint density at radius 1 is 0.759 bits per heavy atom. The lowest BCUT2D eigenvalue weighted by atomic mass is 10.0. The zero-order valence-corrected chi connectivity index (χ0v) is 18.2. The van der Waals surface area contributed by atoms with Crippen molar-refractivity contribution in [2.24, 2.45) is 0 Å². The SMILES string of the molecule is CCCCCc1cccc(C2=CC(CCCC)=C(c3cccc(CC)c3)[N+]2=[N-])c1. The second-order valence-corrected chi connectivity index (χ2v) is 8.03. The largest absolute Gasteiger partial charge is 0.493 e. The first-order valence-electron chi connectivity index (χ1n) is 11.3. The molecule has 1 aliphatic rings. The van der Waals surface area contributed by atoms with E-state index in [-0.39, 0.29) is 0 Å². The number of nitrogens with zero attached hydrogens (tertiary/aromatic N) is 2. The first-order valence-corrected chi connectivity index (χ1v) is 11.3. The molecular formula is C27H34N2. The molecule has 0 spiro atoms. The van der Waals surface area contributed by atoms with Crippen LogP contribution in [-0.2, 0) is 12.8 Å². The number of allylic oxidation sites excluding steroid dienone is 2. The highest BCUT2D eigenvalue weighted by atomic mass is 15.2. The highest BCUT2D eigenvalue weighted by Crippen LogP contribution is 2.37. The zero-order valence-electron chi connectivity index (χ0n) is 18.2. The molecule has 29 heavy (non-hydrogen) atoms. The van der Waals surface area contributed by atoms with Crippen molar-refractivity contribution in [2.45, 2.75) is 72.1 Å². The van der Waals surface area contributed by atoms with Gasteiger partial charge in [-0.2, -0.15) is 0 Å². The molecule has 0 radical (unpaired) electrons. The van der Waals surface area contributed by atoms with E-state index in [0.29, 0.717) is 0 Å². The van der Waals surface area contributed by atoms with Gasteiger partial charge in [0.2, 0.25) is 11.4 Å². The Morgan fingerprint density at radius 3 is 2.17 bits per heavy atom. The quantitative estimate of drug-likeness (QED) is 0.292. The van der Waals surface area contributed by atoms with Crippen molar-refractivity contribution >= 4 is 11.4 Å². The minimum atomic E-state index is 0.894. The Balaban J connectivity index is 1.92. The summed E-state index contributed by atoms with van der Waals surface area (Å²) in [5, 5.41) is 0. The summed E-state index contributed by atoms with van der Waals surface area (Å²) in [4.78, 5) is 0. The summed E-state index contributed by atoms with van der Waals surface area (Å²) in [7, 11) is 0. The van der Waals surface area contributed by atoms with Gasteiger partial charge in [-0.3, -0.25) is 0 Å². The van der Waals surface area contributed by atoms with Crippen LogP contribution in [0.15, 0.2) is 60.2 Å². The zero-order chi connectivity index (χ0) is 20.6. The minimum Gasteiger partial charge on any atom is -0.493 e. The second-order valence-electron chi connectivity index (χ2n) is 8.03. The van der Waals surface area contributed by atoms with Crippen molar-refractivity contribution in [3.8, 4) is 0 Å². The van der Waals surface area contributed by atoms with Gasteiger partial charge in [-0.25, -0.2) is 4.70 Å². The first-order chi connectivity index (χ1) is 14.2. The van der Waals surface area contributed by atoms with Gasteiger partial charge in [0.25, 0.3) is 0 Å². The maximum atomic E-state index is 11.2. The third-order valence-electron chi connectivity index (χ3n) is 5.76. The molecule has 2 aromatic rings. The van der Waals surface area contributed by atoms with Crippen LogP contribution >= 0.6 is 0 Å². The molecule has 0 amide bonds. The molecule has 1 aliphatic heterocycles. The molecule has 0 unspecified atom stereocenters. The fraction of sp³-hybridized carbons (Fsp3) is 0.407. The summed E-state index contributed by atoms with van der Waals surface area (Å²) in [6.45, 7) is 6.63. The summed E-state index contributed by atoms with van der Waals surface area (Å²) in [6, 6.07) is 17.2. The molecule has 3 rings (SSSR count). The molecule has 1 heterocycles. The van der Waals surface area contributed by atoms with Gasteiger partial charge in [-0.1, -0.05) is 64.3 Å². The topological polar surface area (TPSA) is 25.3 Å². The Morgan fingerprint density at radius 2 is 1.45 bits per heavy atom. The van der Waals surface area contributed by atoms with Crippen molar-refractivity contribution in [1.82, 2.24) is 0 Å². The van der Waals surface area contributed by atoms with E-state index in [2.05, 4.69) is 75.4 Å². The maximum Gasteiger partial charge on any atom is 0.210 e. The van der Waals surface area contributed by atoms with Gasteiger partial charge in [-0.05, 0) is 67.5 Å². The third-order valence-corrected chi connectivity index (χ3v) is 5.76. The van der Waals surface area contributed by atoms with Crippen molar-refractivity contribution in [3.05, 3.63) is 88.0 Å². The van der Waals surface area contributed by atoms with Crippen LogP contribution in [0.1, 0.15) is 81.5 Å². The van der Waals surface area contributed by atoms with Crippen LogP contribution in [-0.4, -0.2) is 4.70 Å². The number of hydrogen-bond donors (Lipinski definition) is 0. The molecule has 0 aromatic heterocycles. The predicted octanol–water partition coefficient (Wildman–Crippen LogP) is 7.97. The van der Waals surface area contributed by atoms with E-state index in [0.717, 1.165) is 54.6 Å². The van der Waals surface area contributed by atoms with Gasteiger partial charge >= 0.3 is 0 Å². The Hall–Kier alpha value is -2.48. The summed E-state index contributed by atoms with van der Waals surface area (Å²) >= 11 is 0. The molecule has 2 heteroatoms. The first kappa shape index (κ1) is 21.2. The number of aryl methyl sites for hydroxylation is 2. The normalized spacial score (nSPS) is 13.9. The van der Waals surface area contributed by atoms with E-state index in [9.17, 15) is 5.53 Å². The molecule has 0 bridgehead atoms. The Labute approximate surface area is 176 Å². The van der Waals surface area contributed by atoms with E-state index in [1.165, 1.54) is 40.7 Å². The standard InChI is InChI=1S/C27H34N2/c1-4-7-9-12-22-14-11-16-23(19-22)26-20-25(15-8-5-2)27(29(26)28)24-17-10-13-21(6-3)18-24/h10-11,13-14,16-20H,4-9,12,15H2,1-3H3. The van der Waals surface area contributed by atoms with Crippen molar-refractivity contribution in [1.29, 1.82) is 0 Å². The van der Waals surface area contributed by atoms with E-state index in [1.54, 1.807) is 0 Å². The van der Waals surface area contributed by atoms with Crippen molar-refractivity contribution in [2.75, 3.05) is 0 Å². The Kier molecular flexibility index (Phi) is 7.57. The average molecular weight is 387 g/mol. The van der Waals surface area contributed by atoms with Crippen LogP contribution in [0.4, 0.5) is 0 Å². The number of rotatable bonds is 10. The Bertz CT molecular complexity index is 918. The summed E-state index contributed by atoms with van der Waals surface area (Å²) in [6.07, 6.45) is 11.3. The highest BCUT2D eigenvalue weighted by molar-refractivity contribution is 5.78. The minimum absolute atomic E-state index is 0.894. The lowest BCUT2D eigenvalue weighted by Gasteiger charge is -2.11. The number of hydrogen-bond acceptors (Lipinski definition) is 0. The highest BCUT2D eigenvalue weighted by Gasteiger charge is 2.28. The van der Waals surface area contributed by atoms with Crippen LogP contribution in [0, 0.1) is 0 Å². The molecule has 152 valence electrons. The molecule has 0 saturated carbocycles. The van der Waals surface area contributed by atoms with Gasteiger partial charge in [-0.15, -0.1) is 0 Å². The summed E-state index contributed by atoms with van der Waals surface area (Å²) in [5.41, 5.74) is 19.1. The van der Waals surface area contributed by atoms with E-state index >= 15 is 0 Å². The fourth-order valence-corrected chi connectivity index (χ4v) is 4.03. The van der Waals surface area contributed by atoms with Gasteiger partial charge in [0.1, 0.15) is 0 Å². The van der Waals surface area contributed by atoms with Gasteiger partial charge < -0.3 is 5.53 Å². The lowest BCUT2D eigenvalue weighted by Crippen LogP contribution is -2.03. The lowest BCUT2D eigenvalue weighted by molar-refractivity contribution is -0.344. The van der Waals surface area contributed by atoms with Gasteiger partial charge in [0, 0.05) is 22.8 Å². The predicted molar refractivity (Wildman–Crippen MR) is 124 cm³/mol. The fourth-order valence-electron chi connectivity index (χ4n) is 4.03. The van der Waals surface area contributed by atoms with Crippen LogP contribution in [0.3, 0.4) is 0 Å². The summed E-state index contributed by atoms with van der Waals surface area (Å²) in [5.74, 6) is 0. The third kappa shape index (κ3) is 5.12. The molecule has 0 saturated heterocycles. The monoisotopic (exact) mass is 386 g/mol. The average Bonchev–Trinajstić information content (AvgIpc) is 3.08. The number of benzene rings is 2. The van der Waals surface area contributed by atoms with Crippen LogP contribution in [0.5, 0.6) is 0 Å². The van der Waals surface area contributed by atoms with E-state index in [1.807, 2.05) is 0 Å². The van der Waals surface area contributed by atoms with Crippen LogP contribution in [0.2, 0.25) is 0 Å². The van der Waals surface area contributed by atoms with Crippen LogP contribution in [0.25, 0.3) is 16.9 Å². The second kappa shape index (κ2) is 10.3. The molecule has 0 atom stereocenters. The molecule has 0 fully saturated rings. The molecule has 2 nitrogen and oxygen atoms in total. The molecular weight excluding hydrogens is 352 g/mol. The van der Waals surface area contributed by atoms with Crippen molar-refractivity contribution < 1.29 is 4.70 Å². The number of unbranched alkanes of at least 4 members (excludes halogenated alkanes) is 3. The molecule has 2 aromatic carbocycles. The van der Waals surface area contributed by atoms with E-state index in [4.69, 9.17) is 0 Å². The van der Waals surface area contributed by atoms with Gasteiger partial charge in [0.15, 0.2) is 0 Å². The van der Waals surface area contributed by atoms with E-state index < -0.39 is 0 Å². The van der Waals surface area contributed by atoms with Crippen LogP contribution < -0.4 is 0 Å². The smallest absolute Gasteiger partial charge is 0.210 e. The molecule has 0 N–H and O–H groups in total. The maximum absolute atomic E-state index is 11.2.